The Morgan fingerprint density at radius 2 is 2.00 bits per heavy atom. The molecule has 2 nitrogen and oxygen atoms in total. The van der Waals surface area contributed by atoms with Gasteiger partial charge < -0.3 is 5.32 Å². The molecule has 0 bridgehead atoms. The van der Waals surface area contributed by atoms with Gasteiger partial charge in [0.2, 0.25) is 0 Å². The molecule has 0 aliphatic carbocycles. The Morgan fingerprint density at radius 3 is 2.78 bits per heavy atom. The van der Waals surface area contributed by atoms with Crippen LogP contribution >= 0.6 is 0 Å². The van der Waals surface area contributed by atoms with E-state index in [0.29, 0.717) is 0 Å². The van der Waals surface area contributed by atoms with Gasteiger partial charge in [-0.15, -0.1) is 0 Å². The van der Waals surface area contributed by atoms with E-state index in [-0.39, 0.29) is 0 Å². The van der Waals surface area contributed by atoms with E-state index in [0.717, 1.165) is 41.2 Å². The van der Waals surface area contributed by atoms with Crippen LogP contribution in [0.2, 0.25) is 0 Å². The summed E-state index contributed by atoms with van der Waals surface area (Å²) in [5.74, 6) is 0. The SMILES string of the molecule is CNCCC=Cc1c(C=O)ccc2ccccc12. The Balaban J connectivity index is 2.44. The summed E-state index contributed by atoms with van der Waals surface area (Å²) in [6.07, 6.45) is 6.02. The normalized spacial score (nSPS) is 11.2. The number of hydrogen-bond donors (Lipinski definition) is 1. The molecule has 2 aromatic carbocycles. The summed E-state index contributed by atoms with van der Waals surface area (Å²) in [5, 5.41) is 5.39. The first kappa shape index (κ1) is 12.5. The summed E-state index contributed by atoms with van der Waals surface area (Å²) in [4.78, 5) is 11.1. The van der Waals surface area contributed by atoms with Gasteiger partial charge in [0.1, 0.15) is 0 Å². The predicted molar refractivity (Wildman–Crippen MR) is 76.9 cm³/mol. The fraction of sp³-hybridized carbons (Fsp3) is 0.188. The predicted octanol–water partition coefficient (Wildman–Crippen LogP) is 3.28. The van der Waals surface area contributed by atoms with Crippen LogP contribution in [0.5, 0.6) is 0 Å². The van der Waals surface area contributed by atoms with Gasteiger partial charge in [-0.2, -0.15) is 0 Å². The van der Waals surface area contributed by atoms with E-state index in [4.69, 9.17) is 0 Å². The van der Waals surface area contributed by atoms with E-state index >= 15 is 0 Å². The number of carbonyl (C=O) groups excluding carboxylic acids is 1. The van der Waals surface area contributed by atoms with Gasteiger partial charge in [-0.05, 0) is 36.3 Å². The second kappa shape index (κ2) is 6.12. The summed E-state index contributed by atoms with van der Waals surface area (Å²) in [6.45, 7) is 0.942. The lowest BCUT2D eigenvalue weighted by Crippen LogP contribution is -2.05. The minimum atomic E-state index is 0.745. The van der Waals surface area contributed by atoms with Crippen molar-refractivity contribution in [1.82, 2.24) is 5.32 Å². The Bertz CT molecular complexity index is 572. The highest BCUT2D eigenvalue weighted by atomic mass is 16.1. The lowest BCUT2D eigenvalue weighted by Gasteiger charge is -2.05. The zero-order valence-corrected chi connectivity index (χ0v) is 10.5. The number of nitrogens with one attached hydrogen (secondary N) is 1. The molecule has 2 heteroatoms. The molecule has 92 valence electrons. The van der Waals surface area contributed by atoms with Crippen molar-refractivity contribution in [2.24, 2.45) is 0 Å². The second-order valence-corrected chi connectivity index (χ2v) is 4.20. The number of hydrogen-bond acceptors (Lipinski definition) is 2. The summed E-state index contributed by atoms with van der Waals surface area (Å²) >= 11 is 0. The molecule has 0 amide bonds. The highest BCUT2D eigenvalue weighted by molar-refractivity contribution is 5.98. The van der Waals surface area contributed by atoms with Crippen molar-refractivity contribution in [3.63, 3.8) is 0 Å². The van der Waals surface area contributed by atoms with E-state index in [9.17, 15) is 4.79 Å². The zero-order chi connectivity index (χ0) is 12.8. The summed E-state index contributed by atoms with van der Waals surface area (Å²) < 4.78 is 0. The smallest absolute Gasteiger partial charge is 0.150 e. The van der Waals surface area contributed by atoms with Gasteiger partial charge in [-0.25, -0.2) is 0 Å². The van der Waals surface area contributed by atoms with Crippen LogP contribution in [-0.4, -0.2) is 19.9 Å². The second-order valence-electron chi connectivity index (χ2n) is 4.20. The van der Waals surface area contributed by atoms with Crippen molar-refractivity contribution >= 4 is 23.1 Å². The van der Waals surface area contributed by atoms with Gasteiger partial charge in [-0.1, -0.05) is 48.6 Å². The molecule has 0 aromatic heterocycles. The van der Waals surface area contributed by atoms with Crippen molar-refractivity contribution in [1.29, 1.82) is 0 Å². The molecule has 0 saturated heterocycles. The fourth-order valence-electron chi connectivity index (χ4n) is 2.03. The van der Waals surface area contributed by atoms with Crippen LogP contribution in [0.4, 0.5) is 0 Å². The van der Waals surface area contributed by atoms with Crippen molar-refractivity contribution in [2.45, 2.75) is 6.42 Å². The quantitative estimate of drug-likeness (QED) is 0.641. The number of rotatable bonds is 5. The van der Waals surface area contributed by atoms with Gasteiger partial charge in [0.05, 0.1) is 0 Å². The first-order chi connectivity index (χ1) is 8.86. The van der Waals surface area contributed by atoms with E-state index in [1.807, 2.05) is 37.4 Å². The van der Waals surface area contributed by atoms with Gasteiger partial charge in [-0.3, -0.25) is 4.79 Å². The van der Waals surface area contributed by atoms with Crippen molar-refractivity contribution in [3.05, 3.63) is 53.6 Å². The molecular formula is C16H17NO. The molecule has 0 heterocycles. The number of fused-ring (bicyclic) bond motifs is 1. The summed E-state index contributed by atoms with van der Waals surface area (Å²) in [5.41, 5.74) is 1.76. The molecule has 0 atom stereocenters. The van der Waals surface area contributed by atoms with Gasteiger partial charge in [0.25, 0.3) is 0 Å². The molecule has 0 unspecified atom stereocenters. The Morgan fingerprint density at radius 1 is 1.17 bits per heavy atom. The molecule has 2 rings (SSSR count). The topological polar surface area (TPSA) is 29.1 Å². The number of benzene rings is 2. The molecule has 0 aliphatic rings. The lowest BCUT2D eigenvalue weighted by atomic mass is 9.99. The third-order valence-electron chi connectivity index (χ3n) is 2.98. The standard InChI is InChI=1S/C16H17NO/c1-17-11-5-4-8-16-14(12-18)10-9-13-6-2-3-7-15(13)16/h2-4,6-10,12,17H,5,11H2,1H3. The lowest BCUT2D eigenvalue weighted by molar-refractivity contribution is 0.112. The molecule has 18 heavy (non-hydrogen) atoms. The monoisotopic (exact) mass is 239 g/mol. The maximum Gasteiger partial charge on any atom is 0.150 e. The number of aldehydes is 1. The van der Waals surface area contributed by atoms with E-state index in [2.05, 4.69) is 23.5 Å². The van der Waals surface area contributed by atoms with E-state index < -0.39 is 0 Å². The maximum absolute atomic E-state index is 11.1. The van der Waals surface area contributed by atoms with E-state index in [1.165, 1.54) is 0 Å². The minimum Gasteiger partial charge on any atom is -0.319 e. The van der Waals surface area contributed by atoms with Crippen LogP contribution in [-0.2, 0) is 0 Å². The summed E-state index contributed by atoms with van der Waals surface area (Å²) in [7, 11) is 1.93. The first-order valence-corrected chi connectivity index (χ1v) is 6.15. The molecule has 0 fully saturated rings. The van der Waals surface area contributed by atoms with Crippen molar-refractivity contribution in [3.8, 4) is 0 Å². The average Bonchev–Trinajstić information content (AvgIpc) is 2.43. The molecular weight excluding hydrogens is 222 g/mol. The molecule has 0 saturated carbocycles. The summed E-state index contributed by atoms with van der Waals surface area (Å²) in [6, 6.07) is 12.0. The van der Waals surface area contributed by atoms with Crippen LogP contribution in [0.15, 0.2) is 42.5 Å². The Hall–Kier alpha value is -1.93. The molecule has 0 spiro atoms. The fourth-order valence-corrected chi connectivity index (χ4v) is 2.03. The van der Waals surface area contributed by atoms with Crippen molar-refractivity contribution < 1.29 is 4.79 Å². The highest BCUT2D eigenvalue weighted by Gasteiger charge is 2.03. The van der Waals surface area contributed by atoms with Gasteiger partial charge >= 0.3 is 0 Å². The minimum absolute atomic E-state index is 0.745. The van der Waals surface area contributed by atoms with E-state index in [1.54, 1.807) is 0 Å². The van der Waals surface area contributed by atoms with Gasteiger partial charge in [0, 0.05) is 5.56 Å². The highest BCUT2D eigenvalue weighted by Crippen LogP contribution is 2.23. The third-order valence-corrected chi connectivity index (χ3v) is 2.98. The Labute approximate surface area is 107 Å². The van der Waals surface area contributed by atoms with Crippen LogP contribution in [0.25, 0.3) is 16.8 Å². The van der Waals surface area contributed by atoms with Crippen LogP contribution in [0.3, 0.4) is 0 Å². The zero-order valence-electron chi connectivity index (χ0n) is 10.5. The molecule has 1 N–H and O–H groups in total. The molecule has 0 radical (unpaired) electrons. The molecule has 2 aromatic rings. The maximum atomic E-state index is 11.1. The first-order valence-electron chi connectivity index (χ1n) is 6.15. The van der Waals surface area contributed by atoms with Crippen LogP contribution < -0.4 is 5.32 Å². The van der Waals surface area contributed by atoms with Crippen molar-refractivity contribution in [2.75, 3.05) is 13.6 Å². The van der Waals surface area contributed by atoms with Crippen LogP contribution in [0.1, 0.15) is 22.3 Å². The van der Waals surface area contributed by atoms with Crippen LogP contribution in [0, 0.1) is 0 Å². The van der Waals surface area contributed by atoms with Gasteiger partial charge in [0.15, 0.2) is 6.29 Å². The average molecular weight is 239 g/mol. The third kappa shape index (κ3) is 2.66. The Kier molecular flexibility index (Phi) is 4.26. The molecule has 0 aliphatic heterocycles. The number of carbonyl (C=O) groups is 1. The largest absolute Gasteiger partial charge is 0.319 e.